The van der Waals surface area contributed by atoms with E-state index in [1.165, 1.54) is 48.5 Å². The minimum absolute atomic E-state index is 0.121. The van der Waals surface area contributed by atoms with E-state index in [1.807, 2.05) is 31.6 Å². The molecule has 2 rings (SSSR count). The van der Waals surface area contributed by atoms with Crippen molar-refractivity contribution in [3.8, 4) is 6.07 Å². The molecule has 28 heavy (non-hydrogen) atoms. The van der Waals surface area contributed by atoms with Crippen molar-refractivity contribution in [1.82, 2.24) is 10.0 Å². The highest BCUT2D eigenvalue weighted by atomic mass is 32.2. The average molecular weight is 399 g/mol. The summed E-state index contributed by atoms with van der Waals surface area (Å²) in [4.78, 5) is 24.3. The lowest BCUT2D eigenvalue weighted by Crippen LogP contribution is -2.40. The number of hydrogen-bond acceptors (Lipinski definition) is 5. The van der Waals surface area contributed by atoms with Gasteiger partial charge in [-0.3, -0.25) is 9.59 Å². The molecule has 0 saturated heterocycles. The molecule has 0 aliphatic heterocycles. The van der Waals surface area contributed by atoms with Crippen LogP contribution in [0.4, 0.5) is 0 Å². The Morgan fingerprint density at radius 3 is 1.89 bits per heavy atom. The van der Waals surface area contributed by atoms with Gasteiger partial charge in [0.2, 0.25) is 10.0 Å². The minimum Gasteiger partial charge on any atom is -0.347 e. The van der Waals surface area contributed by atoms with E-state index in [0.29, 0.717) is 16.7 Å². The normalized spacial score (nSPS) is 11.4. The maximum absolute atomic E-state index is 12.2. The smallest absolute Gasteiger partial charge is 0.264 e. The van der Waals surface area contributed by atoms with E-state index in [0.717, 1.165) is 0 Å². The Kier molecular flexibility index (Phi) is 6.21. The summed E-state index contributed by atoms with van der Waals surface area (Å²) >= 11 is 0. The maximum Gasteiger partial charge on any atom is 0.264 e. The van der Waals surface area contributed by atoms with Gasteiger partial charge in [0.25, 0.3) is 11.8 Å². The Labute approximate surface area is 164 Å². The Hall–Kier alpha value is -3.18. The van der Waals surface area contributed by atoms with Crippen molar-refractivity contribution >= 4 is 21.8 Å². The molecule has 0 radical (unpaired) electrons. The highest BCUT2D eigenvalue weighted by molar-refractivity contribution is 7.89. The molecule has 0 heterocycles. The second-order valence-electron chi connectivity index (χ2n) is 7.28. The molecule has 2 amide bonds. The van der Waals surface area contributed by atoms with Crippen LogP contribution in [0.2, 0.25) is 0 Å². The zero-order valence-corrected chi connectivity index (χ0v) is 16.6. The first-order chi connectivity index (χ1) is 13.0. The van der Waals surface area contributed by atoms with Crippen LogP contribution in [-0.4, -0.2) is 25.8 Å². The molecule has 2 aromatic carbocycles. The molecule has 0 saturated carbocycles. The number of nitrogens with zero attached hydrogens (tertiary/aromatic N) is 1. The van der Waals surface area contributed by atoms with Gasteiger partial charge in [-0.25, -0.2) is 13.1 Å². The van der Waals surface area contributed by atoms with Crippen molar-refractivity contribution < 1.29 is 18.0 Å². The predicted molar refractivity (Wildman–Crippen MR) is 105 cm³/mol. The Morgan fingerprint density at radius 1 is 0.929 bits per heavy atom. The van der Waals surface area contributed by atoms with Crippen molar-refractivity contribution in [2.24, 2.45) is 0 Å². The Balaban J connectivity index is 2.04. The van der Waals surface area contributed by atoms with Gasteiger partial charge in [-0.15, -0.1) is 0 Å². The standard InChI is InChI=1S/C20H21N3O4S/c1-20(2,3)22-18(24)16-8-10-17(11-9-16)19(25)23-28(26,27)13-15-6-4-14(12-21)5-7-15/h4-11H,13H2,1-3H3,(H,22,24)(H,23,25). The van der Waals surface area contributed by atoms with Crippen LogP contribution in [0, 0.1) is 11.3 Å². The van der Waals surface area contributed by atoms with Crippen LogP contribution in [0.5, 0.6) is 0 Å². The fourth-order valence-electron chi connectivity index (χ4n) is 2.32. The molecular formula is C20H21N3O4S. The number of benzene rings is 2. The predicted octanol–water partition coefficient (Wildman–Crippen LogP) is 2.35. The van der Waals surface area contributed by atoms with Crippen LogP contribution in [0.3, 0.4) is 0 Å². The van der Waals surface area contributed by atoms with Gasteiger partial charge < -0.3 is 5.32 Å². The summed E-state index contributed by atoms with van der Waals surface area (Å²) in [5.74, 6) is -1.46. The summed E-state index contributed by atoms with van der Waals surface area (Å²) in [5, 5.41) is 11.6. The highest BCUT2D eigenvalue weighted by Gasteiger charge is 2.18. The molecule has 0 unspecified atom stereocenters. The van der Waals surface area contributed by atoms with Gasteiger partial charge in [0.1, 0.15) is 0 Å². The first-order valence-corrected chi connectivity index (χ1v) is 10.1. The van der Waals surface area contributed by atoms with Gasteiger partial charge in [0, 0.05) is 16.7 Å². The topological polar surface area (TPSA) is 116 Å². The third kappa shape index (κ3) is 6.21. The van der Waals surface area contributed by atoms with E-state index < -0.39 is 27.2 Å². The number of carbonyl (C=O) groups is 2. The molecule has 146 valence electrons. The number of rotatable bonds is 5. The molecule has 0 aromatic heterocycles. The summed E-state index contributed by atoms with van der Waals surface area (Å²) in [6.07, 6.45) is 0. The van der Waals surface area contributed by atoms with Crippen molar-refractivity contribution in [2.45, 2.75) is 32.1 Å². The number of carbonyl (C=O) groups excluding carboxylic acids is 2. The summed E-state index contributed by atoms with van der Waals surface area (Å²) in [5.41, 5.74) is 0.962. The summed E-state index contributed by atoms with van der Waals surface area (Å²) in [6.45, 7) is 5.56. The van der Waals surface area contributed by atoms with Crippen molar-refractivity contribution in [3.05, 3.63) is 70.8 Å². The van der Waals surface area contributed by atoms with Gasteiger partial charge in [0.15, 0.2) is 0 Å². The third-order valence-corrected chi connectivity index (χ3v) is 4.80. The monoisotopic (exact) mass is 399 g/mol. The molecule has 2 N–H and O–H groups in total. The first kappa shape index (κ1) is 21.1. The molecule has 0 bridgehead atoms. The summed E-state index contributed by atoms with van der Waals surface area (Å²) in [6, 6.07) is 13.7. The summed E-state index contributed by atoms with van der Waals surface area (Å²) in [7, 11) is -3.91. The van der Waals surface area contributed by atoms with Crippen molar-refractivity contribution in [2.75, 3.05) is 0 Å². The van der Waals surface area contributed by atoms with Crippen molar-refractivity contribution in [1.29, 1.82) is 5.26 Å². The van der Waals surface area contributed by atoms with Gasteiger partial charge in [0.05, 0.1) is 17.4 Å². The molecule has 0 spiro atoms. The molecular weight excluding hydrogens is 378 g/mol. The van der Waals surface area contributed by atoms with E-state index >= 15 is 0 Å². The fraction of sp³-hybridized carbons (Fsp3) is 0.250. The Bertz CT molecular complexity index is 1010. The first-order valence-electron chi connectivity index (χ1n) is 8.45. The van der Waals surface area contributed by atoms with E-state index in [9.17, 15) is 18.0 Å². The van der Waals surface area contributed by atoms with Crippen LogP contribution < -0.4 is 10.0 Å². The molecule has 8 heteroatoms. The largest absolute Gasteiger partial charge is 0.347 e. The van der Waals surface area contributed by atoms with E-state index in [2.05, 4.69) is 5.32 Å². The van der Waals surface area contributed by atoms with E-state index in [1.54, 1.807) is 0 Å². The molecule has 0 fully saturated rings. The van der Waals surface area contributed by atoms with Crippen LogP contribution in [0.15, 0.2) is 48.5 Å². The average Bonchev–Trinajstić information content (AvgIpc) is 2.60. The second kappa shape index (κ2) is 8.23. The lowest BCUT2D eigenvalue weighted by Gasteiger charge is -2.20. The zero-order valence-electron chi connectivity index (χ0n) is 15.8. The molecule has 0 atom stereocenters. The zero-order chi connectivity index (χ0) is 20.9. The number of nitriles is 1. The number of sulfonamides is 1. The minimum atomic E-state index is -3.91. The quantitative estimate of drug-likeness (QED) is 0.800. The molecule has 7 nitrogen and oxygen atoms in total. The molecule has 0 aliphatic carbocycles. The number of amides is 2. The lowest BCUT2D eigenvalue weighted by molar-refractivity contribution is 0.0917. The number of nitrogens with one attached hydrogen (secondary N) is 2. The van der Waals surface area contributed by atoms with E-state index in [-0.39, 0.29) is 11.5 Å². The SMILES string of the molecule is CC(C)(C)NC(=O)c1ccc(C(=O)NS(=O)(=O)Cc2ccc(C#N)cc2)cc1. The van der Waals surface area contributed by atoms with Gasteiger partial charge >= 0.3 is 0 Å². The van der Waals surface area contributed by atoms with Crippen LogP contribution >= 0.6 is 0 Å². The maximum atomic E-state index is 12.2. The van der Waals surface area contributed by atoms with Crippen LogP contribution in [0.25, 0.3) is 0 Å². The van der Waals surface area contributed by atoms with Crippen molar-refractivity contribution in [3.63, 3.8) is 0 Å². The molecule has 2 aromatic rings. The van der Waals surface area contributed by atoms with E-state index in [4.69, 9.17) is 5.26 Å². The lowest BCUT2D eigenvalue weighted by atomic mass is 10.1. The van der Waals surface area contributed by atoms with Crippen LogP contribution in [0.1, 0.15) is 52.6 Å². The Morgan fingerprint density at radius 2 is 1.43 bits per heavy atom. The van der Waals surface area contributed by atoms with Gasteiger partial charge in [-0.05, 0) is 62.7 Å². The highest BCUT2D eigenvalue weighted by Crippen LogP contribution is 2.10. The second-order valence-corrected chi connectivity index (χ2v) is 9.00. The third-order valence-electron chi connectivity index (χ3n) is 3.59. The summed E-state index contributed by atoms with van der Waals surface area (Å²) < 4.78 is 26.4. The van der Waals surface area contributed by atoms with Gasteiger partial charge in [-0.1, -0.05) is 12.1 Å². The molecule has 0 aliphatic rings. The number of hydrogen-bond donors (Lipinski definition) is 2. The van der Waals surface area contributed by atoms with Crippen LogP contribution in [-0.2, 0) is 15.8 Å². The van der Waals surface area contributed by atoms with Gasteiger partial charge in [-0.2, -0.15) is 5.26 Å². The fourth-order valence-corrected chi connectivity index (χ4v) is 3.42.